The zero-order chi connectivity index (χ0) is 16.1. The van der Waals surface area contributed by atoms with Crippen molar-refractivity contribution in [3.8, 4) is 0 Å². The van der Waals surface area contributed by atoms with Crippen LogP contribution < -0.4 is 5.32 Å². The summed E-state index contributed by atoms with van der Waals surface area (Å²) in [6.45, 7) is 5.38. The van der Waals surface area contributed by atoms with E-state index < -0.39 is 0 Å². The molecule has 1 fully saturated rings. The SMILES string of the molecule is C[C@@H](CNC(=O)N1CCO[C@H](c2cccs2)C1)Cn1cccn1. The molecule has 3 rings (SSSR count). The standard InChI is InChI=1S/C16H22N4O2S/c1-13(11-20-6-3-5-18-20)10-17-16(21)19-7-8-22-14(12-19)15-4-2-9-23-15/h2-6,9,13-14H,7-8,10-12H2,1H3,(H,17,21)/t13-,14-/m0/s1. The summed E-state index contributed by atoms with van der Waals surface area (Å²) in [5, 5.41) is 9.25. The van der Waals surface area contributed by atoms with E-state index in [0.717, 1.165) is 6.54 Å². The van der Waals surface area contributed by atoms with Gasteiger partial charge in [-0.15, -0.1) is 11.3 Å². The van der Waals surface area contributed by atoms with Crippen molar-refractivity contribution in [3.05, 3.63) is 40.8 Å². The summed E-state index contributed by atoms with van der Waals surface area (Å²) >= 11 is 1.67. The van der Waals surface area contributed by atoms with Crippen LogP contribution >= 0.6 is 11.3 Å². The number of morpholine rings is 1. The molecule has 1 N–H and O–H groups in total. The van der Waals surface area contributed by atoms with Crippen LogP contribution in [0.4, 0.5) is 4.79 Å². The maximum Gasteiger partial charge on any atom is 0.317 e. The van der Waals surface area contributed by atoms with Crippen LogP contribution in [0, 0.1) is 5.92 Å². The number of nitrogens with zero attached hydrogens (tertiary/aromatic N) is 3. The van der Waals surface area contributed by atoms with E-state index in [1.165, 1.54) is 4.88 Å². The van der Waals surface area contributed by atoms with Gasteiger partial charge in [-0.2, -0.15) is 5.10 Å². The van der Waals surface area contributed by atoms with E-state index in [1.807, 2.05) is 33.3 Å². The fourth-order valence-electron chi connectivity index (χ4n) is 2.65. The summed E-state index contributed by atoms with van der Waals surface area (Å²) in [4.78, 5) is 15.4. The Bertz CT molecular complexity index is 600. The highest BCUT2D eigenvalue weighted by atomic mass is 32.1. The van der Waals surface area contributed by atoms with Gasteiger partial charge in [0.15, 0.2) is 0 Å². The number of hydrogen-bond donors (Lipinski definition) is 1. The lowest BCUT2D eigenvalue weighted by atomic mass is 10.2. The zero-order valence-corrected chi connectivity index (χ0v) is 14.0. The van der Waals surface area contributed by atoms with Crippen molar-refractivity contribution < 1.29 is 9.53 Å². The van der Waals surface area contributed by atoms with Crippen molar-refractivity contribution in [1.29, 1.82) is 0 Å². The zero-order valence-electron chi connectivity index (χ0n) is 13.2. The predicted octanol–water partition coefficient (Wildman–Crippen LogP) is 2.36. The molecule has 2 amide bonds. The van der Waals surface area contributed by atoms with Crippen molar-refractivity contribution in [1.82, 2.24) is 20.0 Å². The molecule has 0 spiro atoms. The molecule has 2 aromatic heterocycles. The predicted molar refractivity (Wildman–Crippen MR) is 89.4 cm³/mol. The Kier molecular flexibility index (Phi) is 5.30. The van der Waals surface area contributed by atoms with Gasteiger partial charge in [0, 0.05) is 36.9 Å². The smallest absolute Gasteiger partial charge is 0.317 e. The largest absolute Gasteiger partial charge is 0.369 e. The summed E-state index contributed by atoms with van der Waals surface area (Å²) in [5.74, 6) is 0.327. The van der Waals surface area contributed by atoms with Gasteiger partial charge in [0.2, 0.25) is 0 Å². The first-order valence-electron chi connectivity index (χ1n) is 7.87. The molecule has 7 heteroatoms. The Morgan fingerprint density at radius 2 is 2.48 bits per heavy atom. The number of rotatable bonds is 5. The molecule has 23 heavy (non-hydrogen) atoms. The normalized spacial score (nSPS) is 19.5. The Morgan fingerprint density at radius 1 is 1.57 bits per heavy atom. The van der Waals surface area contributed by atoms with Crippen LogP contribution in [0.25, 0.3) is 0 Å². The van der Waals surface area contributed by atoms with Crippen LogP contribution in [0.2, 0.25) is 0 Å². The van der Waals surface area contributed by atoms with Gasteiger partial charge < -0.3 is 15.0 Å². The van der Waals surface area contributed by atoms with E-state index in [9.17, 15) is 4.79 Å². The highest BCUT2D eigenvalue weighted by Crippen LogP contribution is 2.25. The summed E-state index contributed by atoms with van der Waals surface area (Å²) in [7, 11) is 0. The fraction of sp³-hybridized carbons (Fsp3) is 0.500. The summed E-state index contributed by atoms with van der Waals surface area (Å²) in [5.41, 5.74) is 0. The Balaban J connectivity index is 1.46. The second-order valence-electron chi connectivity index (χ2n) is 5.84. The molecule has 6 nitrogen and oxygen atoms in total. The van der Waals surface area contributed by atoms with E-state index in [2.05, 4.69) is 23.4 Å². The van der Waals surface area contributed by atoms with Crippen molar-refractivity contribution in [2.75, 3.05) is 26.2 Å². The monoisotopic (exact) mass is 334 g/mol. The third-order valence-electron chi connectivity index (χ3n) is 3.87. The second-order valence-corrected chi connectivity index (χ2v) is 6.82. The molecule has 2 aromatic rings. The van der Waals surface area contributed by atoms with Gasteiger partial charge in [0.05, 0.1) is 13.2 Å². The highest BCUT2D eigenvalue weighted by molar-refractivity contribution is 7.10. The molecule has 1 aliphatic rings. The maximum absolute atomic E-state index is 12.4. The Hall–Kier alpha value is -1.86. The minimum absolute atomic E-state index is 0.00371. The van der Waals surface area contributed by atoms with Crippen LogP contribution in [0.1, 0.15) is 17.9 Å². The molecule has 3 heterocycles. The number of amides is 2. The molecule has 124 valence electrons. The molecule has 2 atom stereocenters. The molecule has 0 radical (unpaired) electrons. The van der Waals surface area contributed by atoms with Crippen LogP contribution in [0.5, 0.6) is 0 Å². The van der Waals surface area contributed by atoms with Crippen LogP contribution in [0.15, 0.2) is 36.0 Å². The molecule has 1 aliphatic heterocycles. The van der Waals surface area contributed by atoms with E-state index in [-0.39, 0.29) is 12.1 Å². The van der Waals surface area contributed by atoms with Gasteiger partial charge >= 0.3 is 6.03 Å². The molecule has 0 bridgehead atoms. The lowest BCUT2D eigenvalue weighted by Gasteiger charge is -2.32. The quantitative estimate of drug-likeness (QED) is 0.913. The molecular weight excluding hydrogens is 312 g/mol. The van der Waals surface area contributed by atoms with Crippen molar-refractivity contribution in [3.63, 3.8) is 0 Å². The van der Waals surface area contributed by atoms with Crippen LogP contribution in [-0.2, 0) is 11.3 Å². The number of urea groups is 1. The molecular formula is C16H22N4O2S. The first-order chi connectivity index (χ1) is 11.2. The number of aromatic nitrogens is 2. The topological polar surface area (TPSA) is 59.4 Å². The van der Waals surface area contributed by atoms with Gasteiger partial charge in [-0.25, -0.2) is 4.79 Å². The first-order valence-corrected chi connectivity index (χ1v) is 8.75. The molecule has 0 saturated carbocycles. The summed E-state index contributed by atoms with van der Waals surface area (Å²) in [6, 6.07) is 5.97. The maximum atomic E-state index is 12.4. The second kappa shape index (κ2) is 7.61. The van der Waals surface area contributed by atoms with E-state index in [0.29, 0.717) is 32.2 Å². The minimum atomic E-state index is -0.0119. The number of nitrogens with one attached hydrogen (secondary N) is 1. The third-order valence-corrected chi connectivity index (χ3v) is 4.84. The number of hydrogen-bond acceptors (Lipinski definition) is 4. The molecule has 0 aromatic carbocycles. The third kappa shape index (κ3) is 4.33. The number of carbonyl (C=O) groups is 1. The lowest BCUT2D eigenvalue weighted by molar-refractivity contribution is -0.0136. The van der Waals surface area contributed by atoms with Gasteiger partial charge in [0.25, 0.3) is 0 Å². The average Bonchev–Trinajstić information content (AvgIpc) is 3.26. The minimum Gasteiger partial charge on any atom is -0.369 e. The van der Waals surface area contributed by atoms with Crippen molar-refractivity contribution in [2.24, 2.45) is 5.92 Å². The van der Waals surface area contributed by atoms with E-state index in [4.69, 9.17) is 4.74 Å². The van der Waals surface area contributed by atoms with Crippen molar-refractivity contribution in [2.45, 2.75) is 19.6 Å². The van der Waals surface area contributed by atoms with E-state index in [1.54, 1.807) is 17.5 Å². The van der Waals surface area contributed by atoms with E-state index >= 15 is 0 Å². The summed E-state index contributed by atoms with van der Waals surface area (Å²) < 4.78 is 7.66. The van der Waals surface area contributed by atoms with Gasteiger partial charge in [-0.05, 0) is 23.4 Å². The van der Waals surface area contributed by atoms with Crippen LogP contribution in [-0.4, -0.2) is 47.0 Å². The Morgan fingerprint density at radius 3 is 3.22 bits per heavy atom. The number of ether oxygens (including phenoxy) is 1. The Labute approximate surface area is 140 Å². The number of thiophene rings is 1. The molecule has 1 saturated heterocycles. The lowest BCUT2D eigenvalue weighted by Crippen LogP contribution is -2.48. The van der Waals surface area contributed by atoms with Gasteiger partial charge in [0.1, 0.15) is 6.10 Å². The van der Waals surface area contributed by atoms with Gasteiger partial charge in [-0.1, -0.05) is 13.0 Å². The summed E-state index contributed by atoms with van der Waals surface area (Å²) in [6.07, 6.45) is 3.70. The number of carbonyl (C=O) groups excluding carboxylic acids is 1. The van der Waals surface area contributed by atoms with Crippen LogP contribution in [0.3, 0.4) is 0 Å². The molecule has 0 aliphatic carbocycles. The molecule has 0 unspecified atom stereocenters. The average molecular weight is 334 g/mol. The first kappa shape index (κ1) is 16.0. The van der Waals surface area contributed by atoms with Crippen molar-refractivity contribution >= 4 is 17.4 Å². The van der Waals surface area contributed by atoms with Gasteiger partial charge in [-0.3, -0.25) is 4.68 Å². The highest BCUT2D eigenvalue weighted by Gasteiger charge is 2.26. The fourth-order valence-corrected chi connectivity index (χ4v) is 3.41.